The number of nitrogens with zero attached hydrogens (tertiary/aromatic N) is 2. The molecule has 1 N–H and O–H groups in total. The van der Waals surface area contributed by atoms with Gasteiger partial charge in [-0.15, -0.1) is 0 Å². The number of halogens is 2. The number of para-hydroxylation sites is 2. The molecule has 0 unspecified atom stereocenters. The molecular weight excluding hydrogens is 621 g/mol. The van der Waals surface area contributed by atoms with E-state index >= 15 is 0 Å². The summed E-state index contributed by atoms with van der Waals surface area (Å²) in [6.45, 7) is 5.46. The van der Waals surface area contributed by atoms with E-state index in [-0.39, 0.29) is 0 Å². The summed E-state index contributed by atoms with van der Waals surface area (Å²) >= 11 is 13.3. The average molecular weight is 657 g/mol. The molecule has 0 heterocycles. The van der Waals surface area contributed by atoms with E-state index in [1.807, 2.05) is 123 Å². The highest BCUT2D eigenvalue weighted by molar-refractivity contribution is 6.44. The number of rotatable bonds is 9. The van der Waals surface area contributed by atoms with Gasteiger partial charge in [0, 0.05) is 22.7 Å². The number of nitrogens with one attached hydrogen (secondary N) is 1. The van der Waals surface area contributed by atoms with Crippen LogP contribution in [0.15, 0.2) is 115 Å². The Balaban J connectivity index is 1.73. The average Bonchev–Trinajstić information content (AvgIpc) is 3.04. The highest BCUT2D eigenvalue weighted by Crippen LogP contribution is 2.47. The number of benzene rings is 5. The normalized spacial score (nSPS) is 11.0. The van der Waals surface area contributed by atoms with Crippen molar-refractivity contribution in [3.63, 3.8) is 0 Å². The molecule has 0 fully saturated rings. The van der Waals surface area contributed by atoms with Crippen molar-refractivity contribution in [1.29, 1.82) is 0 Å². The predicted molar refractivity (Wildman–Crippen MR) is 189 cm³/mol. The number of hydrogen-bond acceptors (Lipinski definition) is 6. The van der Waals surface area contributed by atoms with E-state index in [9.17, 15) is 4.79 Å². The maximum absolute atomic E-state index is 14.2. The standard InChI is InChI=1S/C37H35Cl2N3O4/c1-37(2,3)46-36(43)42(31-23-26(19-21-33(31)44-4)40-25-13-8-6-9-14-25)32-24-28(20-22-34(32)45-5)41(27-15-10-7-11-16-27)30-18-12-17-29(38)35(30)39/h6-24,40H,1-5H3. The second-order valence-electron chi connectivity index (χ2n) is 11.3. The molecule has 0 saturated heterocycles. The Labute approximate surface area is 279 Å². The van der Waals surface area contributed by atoms with Crippen LogP contribution in [-0.2, 0) is 4.74 Å². The molecule has 9 heteroatoms. The van der Waals surface area contributed by atoms with Gasteiger partial charge in [0.25, 0.3) is 0 Å². The fourth-order valence-corrected chi connectivity index (χ4v) is 5.31. The molecule has 7 nitrogen and oxygen atoms in total. The monoisotopic (exact) mass is 655 g/mol. The molecule has 0 aliphatic heterocycles. The fraction of sp³-hybridized carbons (Fsp3) is 0.162. The molecule has 0 radical (unpaired) electrons. The zero-order valence-electron chi connectivity index (χ0n) is 26.3. The zero-order chi connectivity index (χ0) is 32.8. The Morgan fingerprint density at radius 3 is 1.89 bits per heavy atom. The van der Waals surface area contributed by atoms with E-state index in [1.54, 1.807) is 32.4 Å². The van der Waals surface area contributed by atoms with Gasteiger partial charge in [0.1, 0.15) is 17.1 Å². The van der Waals surface area contributed by atoms with Crippen molar-refractivity contribution in [3.05, 3.63) is 125 Å². The van der Waals surface area contributed by atoms with E-state index < -0.39 is 11.7 Å². The first-order valence-electron chi connectivity index (χ1n) is 14.6. The van der Waals surface area contributed by atoms with Gasteiger partial charge in [-0.2, -0.15) is 0 Å². The second-order valence-corrected chi connectivity index (χ2v) is 12.1. The number of carbonyl (C=O) groups is 1. The highest BCUT2D eigenvalue weighted by atomic mass is 35.5. The third-order valence-corrected chi connectivity index (χ3v) is 7.72. The third kappa shape index (κ3) is 7.33. The van der Waals surface area contributed by atoms with Crippen LogP contribution in [0.3, 0.4) is 0 Å². The van der Waals surface area contributed by atoms with Crippen LogP contribution in [0, 0.1) is 0 Å². The van der Waals surface area contributed by atoms with Crippen molar-refractivity contribution >= 4 is 69.1 Å². The van der Waals surface area contributed by atoms with Gasteiger partial charge >= 0.3 is 6.09 Å². The summed E-state index contributed by atoms with van der Waals surface area (Å²) in [5.74, 6) is 0.887. The molecule has 0 spiro atoms. The molecule has 46 heavy (non-hydrogen) atoms. The van der Waals surface area contributed by atoms with Gasteiger partial charge in [-0.05, 0) is 93.6 Å². The van der Waals surface area contributed by atoms with Crippen LogP contribution in [0.5, 0.6) is 11.5 Å². The van der Waals surface area contributed by atoms with Crippen molar-refractivity contribution in [3.8, 4) is 11.5 Å². The quantitative estimate of drug-likeness (QED) is 0.170. The number of ether oxygens (including phenoxy) is 3. The maximum atomic E-state index is 14.2. The second kappa shape index (κ2) is 14.1. The Kier molecular flexibility index (Phi) is 9.95. The lowest BCUT2D eigenvalue weighted by molar-refractivity contribution is 0.0597. The van der Waals surface area contributed by atoms with Gasteiger partial charge in [-0.3, -0.25) is 0 Å². The Morgan fingerprint density at radius 1 is 0.652 bits per heavy atom. The predicted octanol–water partition coefficient (Wildman–Crippen LogP) is 11.3. The molecule has 5 rings (SSSR count). The highest BCUT2D eigenvalue weighted by Gasteiger charge is 2.31. The molecule has 0 aliphatic rings. The van der Waals surface area contributed by atoms with Gasteiger partial charge in [0.2, 0.25) is 0 Å². The molecule has 0 bridgehead atoms. The summed E-state index contributed by atoms with van der Waals surface area (Å²) in [4.78, 5) is 17.6. The van der Waals surface area contributed by atoms with Gasteiger partial charge in [-0.1, -0.05) is 65.7 Å². The Morgan fingerprint density at radius 2 is 1.26 bits per heavy atom. The molecule has 0 atom stereocenters. The van der Waals surface area contributed by atoms with Crippen LogP contribution in [0.4, 0.5) is 44.6 Å². The molecule has 236 valence electrons. The van der Waals surface area contributed by atoms with Gasteiger partial charge in [0.15, 0.2) is 0 Å². The molecule has 0 aliphatic carbocycles. The van der Waals surface area contributed by atoms with Crippen molar-refractivity contribution < 1.29 is 19.0 Å². The van der Waals surface area contributed by atoms with Crippen molar-refractivity contribution in [2.45, 2.75) is 26.4 Å². The largest absolute Gasteiger partial charge is 0.495 e. The minimum Gasteiger partial charge on any atom is -0.495 e. The van der Waals surface area contributed by atoms with E-state index in [2.05, 4.69) is 5.32 Å². The van der Waals surface area contributed by atoms with Gasteiger partial charge in [-0.25, -0.2) is 9.69 Å². The number of methoxy groups -OCH3 is 2. The first kappa shape index (κ1) is 32.5. The third-order valence-electron chi connectivity index (χ3n) is 6.91. The number of anilines is 7. The molecular formula is C37H35Cl2N3O4. The smallest absolute Gasteiger partial charge is 0.419 e. The lowest BCUT2D eigenvalue weighted by atomic mass is 10.1. The van der Waals surface area contributed by atoms with Crippen LogP contribution < -0.4 is 24.6 Å². The van der Waals surface area contributed by atoms with Crippen LogP contribution in [0.1, 0.15) is 20.8 Å². The molecule has 1 amide bonds. The number of carbonyl (C=O) groups excluding carboxylic acids is 1. The number of hydrogen-bond donors (Lipinski definition) is 1. The Bertz CT molecular complexity index is 1810. The zero-order valence-corrected chi connectivity index (χ0v) is 27.8. The van der Waals surface area contributed by atoms with Crippen molar-refractivity contribution in [2.75, 3.05) is 29.3 Å². The molecule has 5 aromatic rings. The molecule has 5 aromatic carbocycles. The molecule has 0 aromatic heterocycles. The lowest BCUT2D eigenvalue weighted by Gasteiger charge is -2.31. The maximum Gasteiger partial charge on any atom is 0.419 e. The first-order valence-corrected chi connectivity index (χ1v) is 15.4. The van der Waals surface area contributed by atoms with E-state index in [0.29, 0.717) is 44.3 Å². The fourth-order valence-electron chi connectivity index (χ4n) is 4.93. The summed E-state index contributed by atoms with van der Waals surface area (Å²) < 4.78 is 17.6. The van der Waals surface area contributed by atoms with E-state index in [0.717, 1.165) is 17.1 Å². The van der Waals surface area contributed by atoms with Crippen molar-refractivity contribution in [1.82, 2.24) is 0 Å². The summed E-state index contributed by atoms with van der Waals surface area (Å²) in [5.41, 5.74) is 3.88. The van der Waals surface area contributed by atoms with Crippen LogP contribution in [0.2, 0.25) is 10.0 Å². The lowest BCUT2D eigenvalue weighted by Crippen LogP contribution is -2.34. The van der Waals surface area contributed by atoms with Crippen LogP contribution in [0.25, 0.3) is 0 Å². The SMILES string of the molecule is COc1ccc(Nc2ccccc2)cc1N(C(=O)OC(C)(C)C)c1cc(N(c2ccccc2)c2cccc(Cl)c2Cl)ccc1OC. The summed E-state index contributed by atoms with van der Waals surface area (Å²) in [6.07, 6.45) is -0.620. The summed E-state index contributed by atoms with van der Waals surface area (Å²) in [5, 5.41) is 4.20. The van der Waals surface area contributed by atoms with Gasteiger partial charge < -0.3 is 24.4 Å². The first-order chi connectivity index (χ1) is 22.1. The van der Waals surface area contributed by atoms with Gasteiger partial charge in [0.05, 0.1) is 41.3 Å². The van der Waals surface area contributed by atoms with E-state index in [4.69, 9.17) is 37.4 Å². The topological polar surface area (TPSA) is 63.3 Å². The number of amides is 1. The van der Waals surface area contributed by atoms with E-state index in [1.165, 1.54) is 4.90 Å². The Hall–Kier alpha value is -4.85. The summed E-state index contributed by atoms with van der Waals surface area (Å²) in [7, 11) is 3.11. The van der Waals surface area contributed by atoms with Crippen LogP contribution in [-0.4, -0.2) is 25.9 Å². The molecule has 0 saturated carbocycles. The minimum atomic E-state index is -0.794. The minimum absolute atomic E-state index is 0.385. The summed E-state index contributed by atoms with van der Waals surface area (Å²) in [6, 6.07) is 36.0. The van der Waals surface area contributed by atoms with Crippen molar-refractivity contribution in [2.24, 2.45) is 0 Å². The van der Waals surface area contributed by atoms with Crippen LogP contribution >= 0.6 is 23.2 Å².